The van der Waals surface area contributed by atoms with Gasteiger partial charge in [0.2, 0.25) is 0 Å². The fraction of sp³-hybridized carbons (Fsp3) is 0.471. The van der Waals surface area contributed by atoms with Crippen molar-refractivity contribution in [2.75, 3.05) is 13.1 Å². The lowest BCUT2D eigenvalue weighted by Gasteiger charge is -2.20. The van der Waals surface area contributed by atoms with Gasteiger partial charge in [0.25, 0.3) is 0 Å². The van der Waals surface area contributed by atoms with Crippen molar-refractivity contribution in [3.05, 3.63) is 36.5 Å². The fourth-order valence-electron chi connectivity index (χ4n) is 2.32. The number of para-hydroxylation sites is 1. The zero-order valence-electron chi connectivity index (χ0n) is 12.4. The highest BCUT2D eigenvalue weighted by Crippen LogP contribution is 2.24. The van der Waals surface area contributed by atoms with Crippen molar-refractivity contribution < 1.29 is 4.74 Å². The van der Waals surface area contributed by atoms with E-state index in [1.807, 2.05) is 24.4 Å². The molecule has 0 aliphatic carbocycles. The third-order valence-corrected chi connectivity index (χ3v) is 3.30. The zero-order valence-corrected chi connectivity index (χ0v) is 12.4. The molecule has 1 aromatic heterocycles. The Hall–Kier alpha value is -1.61. The van der Waals surface area contributed by atoms with Crippen LogP contribution in [0.25, 0.3) is 10.9 Å². The van der Waals surface area contributed by atoms with Crippen molar-refractivity contribution in [2.24, 2.45) is 0 Å². The lowest BCUT2D eigenvalue weighted by atomic mass is 10.2. The number of nitrogens with zero attached hydrogens (tertiary/aromatic N) is 1. The smallest absolute Gasteiger partial charge is 0.146 e. The molecule has 0 fully saturated rings. The molecule has 0 amide bonds. The second-order valence-electron chi connectivity index (χ2n) is 5.06. The van der Waals surface area contributed by atoms with E-state index >= 15 is 0 Å². The zero-order chi connectivity index (χ0) is 14.2. The van der Waals surface area contributed by atoms with E-state index in [9.17, 15) is 0 Å². The Bertz CT molecular complexity index is 522. The molecular formula is C17H24N2O. The highest BCUT2D eigenvalue weighted by Gasteiger charge is 2.11. The van der Waals surface area contributed by atoms with E-state index in [1.54, 1.807) is 0 Å². The summed E-state index contributed by atoms with van der Waals surface area (Å²) >= 11 is 0. The maximum absolute atomic E-state index is 6.19. The first-order valence-corrected chi connectivity index (χ1v) is 7.56. The van der Waals surface area contributed by atoms with E-state index in [0.29, 0.717) is 0 Å². The number of pyridine rings is 1. The van der Waals surface area contributed by atoms with Gasteiger partial charge in [-0.3, -0.25) is 4.98 Å². The minimum Gasteiger partial charge on any atom is -0.487 e. The van der Waals surface area contributed by atoms with Crippen molar-refractivity contribution in [1.82, 2.24) is 10.3 Å². The summed E-state index contributed by atoms with van der Waals surface area (Å²) in [6.45, 7) is 6.30. The first-order valence-electron chi connectivity index (χ1n) is 7.56. The molecule has 2 aromatic rings. The Morgan fingerprint density at radius 2 is 2.00 bits per heavy atom. The number of hydrogen-bond acceptors (Lipinski definition) is 3. The summed E-state index contributed by atoms with van der Waals surface area (Å²) in [5.74, 6) is 0.889. The molecule has 3 heteroatoms. The lowest BCUT2D eigenvalue weighted by Crippen LogP contribution is -2.31. The first kappa shape index (κ1) is 14.8. The minimum atomic E-state index is 0.208. The van der Waals surface area contributed by atoms with Crippen LogP contribution in [0, 0.1) is 0 Å². The minimum absolute atomic E-state index is 0.208. The Labute approximate surface area is 121 Å². The molecule has 1 heterocycles. The lowest BCUT2D eigenvalue weighted by molar-refractivity contribution is 0.188. The highest BCUT2D eigenvalue weighted by atomic mass is 16.5. The molecule has 0 saturated carbocycles. The molecule has 3 nitrogen and oxygen atoms in total. The maximum atomic E-state index is 6.19. The average molecular weight is 272 g/mol. The van der Waals surface area contributed by atoms with Gasteiger partial charge in [0.1, 0.15) is 17.4 Å². The summed E-state index contributed by atoms with van der Waals surface area (Å²) < 4.78 is 6.19. The highest BCUT2D eigenvalue weighted by molar-refractivity contribution is 5.84. The van der Waals surface area contributed by atoms with Gasteiger partial charge in [0, 0.05) is 18.1 Å². The van der Waals surface area contributed by atoms with Crippen LogP contribution >= 0.6 is 0 Å². The largest absolute Gasteiger partial charge is 0.487 e. The molecule has 2 rings (SSSR count). The molecule has 1 aromatic carbocycles. The number of hydrogen-bond donors (Lipinski definition) is 1. The van der Waals surface area contributed by atoms with Gasteiger partial charge in [-0.15, -0.1) is 0 Å². The number of nitrogens with one attached hydrogen (secondary N) is 1. The van der Waals surface area contributed by atoms with Crippen molar-refractivity contribution in [2.45, 2.75) is 39.2 Å². The summed E-state index contributed by atoms with van der Waals surface area (Å²) in [6.07, 6.45) is 5.35. The second kappa shape index (κ2) is 7.85. The van der Waals surface area contributed by atoms with Crippen LogP contribution in [-0.4, -0.2) is 24.2 Å². The monoisotopic (exact) mass is 272 g/mol. The van der Waals surface area contributed by atoms with Gasteiger partial charge in [-0.1, -0.05) is 38.5 Å². The Kier molecular flexibility index (Phi) is 5.81. The van der Waals surface area contributed by atoms with Crippen molar-refractivity contribution >= 4 is 10.9 Å². The molecule has 0 radical (unpaired) electrons. The third-order valence-electron chi connectivity index (χ3n) is 3.30. The molecule has 20 heavy (non-hydrogen) atoms. The number of rotatable bonds is 8. The Morgan fingerprint density at radius 1 is 1.15 bits per heavy atom. The molecule has 1 atom stereocenters. The Morgan fingerprint density at radius 3 is 2.80 bits per heavy atom. The molecular weight excluding hydrogens is 248 g/mol. The summed E-state index contributed by atoms with van der Waals surface area (Å²) in [6, 6.07) is 10.1. The van der Waals surface area contributed by atoms with Crippen LogP contribution in [0.2, 0.25) is 0 Å². The van der Waals surface area contributed by atoms with Gasteiger partial charge in [-0.25, -0.2) is 0 Å². The van der Waals surface area contributed by atoms with Crippen molar-refractivity contribution in [1.29, 1.82) is 0 Å². The van der Waals surface area contributed by atoms with Gasteiger partial charge >= 0.3 is 0 Å². The van der Waals surface area contributed by atoms with Crippen LogP contribution < -0.4 is 10.1 Å². The number of aromatic nitrogens is 1. The van der Waals surface area contributed by atoms with Crippen LogP contribution in [0.15, 0.2) is 36.5 Å². The average Bonchev–Trinajstić information content (AvgIpc) is 2.48. The van der Waals surface area contributed by atoms with Gasteiger partial charge in [-0.05, 0) is 31.5 Å². The third kappa shape index (κ3) is 3.94. The standard InChI is InChI=1S/C17H24N2O/c1-3-7-15(13-18-11-4-2)20-16-10-5-8-14-9-6-12-19-17(14)16/h5-6,8-10,12,15,18H,3-4,7,11,13H2,1-2H3. The van der Waals surface area contributed by atoms with Crippen LogP contribution in [-0.2, 0) is 0 Å². The number of fused-ring (bicyclic) bond motifs is 1. The number of benzene rings is 1. The quantitative estimate of drug-likeness (QED) is 0.743. The van der Waals surface area contributed by atoms with Gasteiger partial charge in [-0.2, -0.15) is 0 Å². The van der Waals surface area contributed by atoms with Gasteiger partial charge < -0.3 is 10.1 Å². The van der Waals surface area contributed by atoms with Crippen LogP contribution in [0.4, 0.5) is 0 Å². The van der Waals surface area contributed by atoms with Crippen LogP contribution in [0.3, 0.4) is 0 Å². The molecule has 0 bridgehead atoms. The predicted molar refractivity (Wildman–Crippen MR) is 84.2 cm³/mol. The normalized spacial score (nSPS) is 12.5. The maximum Gasteiger partial charge on any atom is 0.146 e. The molecule has 1 N–H and O–H groups in total. The van der Waals surface area contributed by atoms with Crippen LogP contribution in [0.5, 0.6) is 5.75 Å². The molecule has 108 valence electrons. The summed E-state index contributed by atoms with van der Waals surface area (Å²) in [7, 11) is 0. The first-order chi connectivity index (χ1) is 9.85. The SMILES string of the molecule is CCCNCC(CCC)Oc1cccc2cccnc12. The summed E-state index contributed by atoms with van der Waals surface area (Å²) in [5.41, 5.74) is 0.951. The second-order valence-corrected chi connectivity index (χ2v) is 5.06. The van der Waals surface area contributed by atoms with Crippen molar-refractivity contribution in [3.63, 3.8) is 0 Å². The molecule has 0 saturated heterocycles. The van der Waals surface area contributed by atoms with E-state index in [0.717, 1.165) is 49.0 Å². The molecule has 1 unspecified atom stereocenters. The molecule has 0 aliphatic heterocycles. The fourth-order valence-corrected chi connectivity index (χ4v) is 2.32. The van der Waals surface area contributed by atoms with E-state index in [4.69, 9.17) is 4.74 Å². The predicted octanol–water partition coefficient (Wildman–Crippen LogP) is 3.78. The van der Waals surface area contributed by atoms with Gasteiger partial charge in [0.15, 0.2) is 0 Å². The van der Waals surface area contributed by atoms with Gasteiger partial charge in [0.05, 0.1) is 0 Å². The molecule has 0 aliphatic rings. The van der Waals surface area contributed by atoms with E-state index in [-0.39, 0.29) is 6.10 Å². The molecule has 0 spiro atoms. The Balaban J connectivity index is 2.11. The van der Waals surface area contributed by atoms with E-state index < -0.39 is 0 Å². The van der Waals surface area contributed by atoms with Crippen LogP contribution in [0.1, 0.15) is 33.1 Å². The van der Waals surface area contributed by atoms with E-state index in [2.05, 4.69) is 36.3 Å². The number of ether oxygens (including phenoxy) is 1. The summed E-state index contributed by atoms with van der Waals surface area (Å²) in [4.78, 5) is 4.45. The summed E-state index contributed by atoms with van der Waals surface area (Å²) in [5, 5.41) is 4.57. The van der Waals surface area contributed by atoms with E-state index in [1.165, 1.54) is 0 Å². The van der Waals surface area contributed by atoms with Crippen molar-refractivity contribution in [3.8, 4) is 5.75 Å². The topological polar surface area (TPSA) is 34.1 Å².